The molecule has 0 amide bonds. The van der Waals surface area contributed by atoms with Gasteiger partial charge in [0.05, 0.1) is 0 Å². The zero-order valence-electron chi connectivity index (χ0n) is 10.9. The molecule has 100 valence electrons. The largest absolute Gasteiger partial charge is 0.323 e. The third kappa shape index (κ3) is 3.72. The highest BCUT2D eigenvalue weighted by molar-refractivity contribution is 7.99. The standard InChI is InChI=1S/C15H22FNS/c1-11(18-10-12-4-2-3-5-12)15(17)13-6-8-14(16)9-7-13/h6-9,11-12,15H,2-5,10,17H2,1H3. The highest BCUT2D eigenvalue weighted by Gasteiger charge is 2.19. The van der Waals surface area contributed by atoms with E-state index in [1.807, 2.05) is 11.8 Å². The Kier molecular flexibility index (Phi) is 5.07. The van der Waals surface area contributed by atoms with Gasteiger partial charge in [0.2, 0.25) is 0 Å². The Morgan fingerprint density at radius 3 is 2.50 bits per heavy atom. The minimum Gasteiger partial charge on any atom is -0.323 e. The van der Waals surface area contributed by atoms with Gasteiger partial charge in [-0.2, -0.15) is 11.8 Å². The van der Waals surface area contributed by atoms with Crippen molar-refractivity contribution in [3.63, 3.8) is 0 Å². The van der Waals surface area contributed by atoms with E-state index in [1.54, 1.807) is 12.1 Å². The van der Waals surface area contributed by atoms with Crippen molar-refractivity contribution in [1.82, 2.24) is 0 Å². The van der Waals surface area contributed by atoms with Crippen LogP contribution in [0, 0.1) is 11.7 Å². The van der Waals surface area contributed by atoms with Crippen LogP contribution < -0.4 is 5.73 Å². The normalized spacial score (nSPS) is 19.9. The second-order valence-electron chi connectivity index (χ2n) is 5.27. The molecule has 2 N–H and O–H groups in total. The molecule has 0 heterocycles. The molecule has 0 spiro atoms. The number of hydrogen-bond acceptors (Lipinski definition) is 2. The van der Waals surface area contributed by atoms with E-state index in [0.29, 0.717) is 5.25 Å². The summed E-state index contributed by atoms with van der Waals surface area (Å²) in [7, 11) is 0. The zero-order chi connectivity index (χ0) is 13.0. The topological polar surface area (TPSA) is 26.0 Å². The Bertz CT molecular complexity index is 359. The van der Waals surface area contributed by atoms with Gasteiger partial charge >= 0.3 is 0 Å². The van der Waals surface area contributed by atoms with E-state index in [9.17, 15) is 4.39 Å². The molecule has 2 unspecified atom stereocenters. The lowest BCUT2D eigenvalue weighted by atomic mass is 10.1. The van der Waals surface area contributed by atoms with Crippen molar-refractivity contribution in [2.24, 2.45) is 11.7 Å². The molecule has 1 aromatic carbocycles. The van der Waals surface area contributed by atoms with Crippen LogP contribution in [-0.2, 0) is 0 Å². The molecule has 0 aromatic heterocycles. The highest BCUT2D eigenvalue weighted by Crippen LogP contribution is 2.32. The summed E-state index contributed by atoms with van der Waals surface area (Å²) in [5.41, 5.74) is 7.26. The van der Waals surface area contributed by atoms with Crippen LogP contribution in [0.4, 0.5) is 4.39 Å². The van der Waals surface area contributed by atoms with E-state index in [4.69, 9.17) is 5.73 Å². The fraction of sp³-hybridized carbons (Fsp3) is 0.600. The first-order valence-corrected chi connectivity index (χ1v) is 7.84. The predicted molar refractivity (Wildman–Crippen MR) is 77.2 cm³/mol. The number of halogens is 1. The van der Waals surface area contributed by atoms with E-state index < -0.39 is 0 Å². The molecule has 1 aliphatic rings. The molecule has 1 fully saturated rings. The number of rotatable bonds is 5. The minimum atomic E-state index is -0.197. The summed E-state index contributed by atoms with van der Waals surface area (Å²) in [6, 6.07) is 6.57. The smallest absolute Gasteiger partial charge is 0.123 e. The van der Waals surface area contributed by atoms with Gasteiger partial charge in [-0.25, -0.2) is 4.39 Å². The van der Waals surface area contributed by atoms with Crippen LogP contribution >= 0.6 is 11.8 Å². The number of benzene rings is 1. The Morgan fingerprint density at radius 1 is 1.28 bits per heavy atom. The Hall–Kier alpha value is -0.540. The Labute approximate surface area is 113 Å². The van der Waals surface area contributed by atoms with Gasteiger partial charge in [0.25, 0.3) is 0 Å². The van der Waals surface area contributed by atoms with Gasteiger partial charge in [-0.1, -0.05) is 31.9 Å². The fourth-order valence-corrected chi connectivity index (χ4v) is 3.80. The van der Waals surface area contributed by atoms with Crippen molar-refractivity contribution in [3.05, 3.63) is 35.6 Å². The van der Waals surface area contributed by atoms with Gasteiger partial charge in [0.15, 0.2) is 0 Å². The third-order valence-corrected chi connectivity index (χ3v) is 5.31. The Morgan fingerprint density at radius 2 is 1.89 bits per heavy atom. The van der Waals surface area contributed by atoms with E-state index in [0.717, 1.165) is 11.5 Å². The van der Waals surface area contributed by atoms with Gasteiger partial charge in [0.1, 0.15) is 5.82 Å². The average Bonchev–Trinajstić information content (AvgIpc) is 2.89. The molecule has 0 saturated heterocycles. The second-order valence-corrected chi connectivity index (χ2v) is 6.68. The van der Waals surface area contributed by atoms with Crippen LogP contribution in [0.3, 0.4) is 0 Å². The third-order valence-electron chi connectivity index (χ3n) is 3.83. The maximum Gasteiger partial charge on any atom is 0.123 e. The summed E-state index contributed by atoms with van der Waals surface area (Å²) in [6.07, 6.45) is 5.55. The van der Waals surface area contributed by atoms with E-state index in [2.05, 4.69) is 6.92 Å². The molecule has 2 atom stereocenters. The van der Waals surface area contributed by atoms with Crippen molar-refractivity contribution in [2.45, 2.75) is 43.9 Å². The molecular weight excluding hydrogens is 245 g/mol. The lowest BCUT2D eigenvalue weighted by Gasteiger charge is -2.21. The molecule has 1 nitrogen and oxygen atoms in total. The minimum absolute atomic E-state index is 0.00277. The first-order valence-electron chi connectivity index (χ1n) is 6.79. The molecule has 0 aliphatic heterocycles. The first-order chi connectivity index (χ1) is 8.66. The molecule has 0 radical (unpaired) electrons. The van der Waals surface area contributed by atoms with Crippen molar-refractivity contribution < 1.29 is 4.39 Å². The summed E-state index contributed by atoms with van der Waals surface area (Å²) in [5, 5.41) is 0.385. The van der Waals surface area contributed by atoms with E-state index >= 15 is 0 Å². The summed E-state index contributed by atoms with van der Waals surface area (Å²) in [6.45, 7) is 2.17. The van der Waals surface area contributed by atoms with Crippen molar-refractivity contribution in [2.75, 3.05) is 5.75 Å². The van der Waals surface area contributed by atoms with Crippen LogP contribution in [-0.4, -0.2) is 11.0 Å². The quantitative estimate of drug-likeness (QED) is 0.867. The van der Waals surface area contributed by atoms with E-state index in [1.165, 1.54) is 43.6 Å². The number of nitrogens with two attached hydrogens (primary N) is 1. The lowest BCUT2D eigenvalue weighted by molar-refractivity contribution is 0.616. The summed E-state index contributed by atoms with van der Waals surface area (Å²) >= 11 is 1.96. The van der Waals surface area contributed by atoms with Crippen molar-refractivity contribution in [1.29, 1.82) is 0 Å². The van der Waals surface area contributed by atoms with Gasteiger partial charge in [-0.3, -0.25) is 0 Å². The second kappa shape index (κ2) is 6.58. The first kappa shape index (κ1) is 13.9. The maximum atomic E-state index is 12.9. The zero-order valence-corrected chi connectivity index (χ0v) is 11.8. The van der Waals surface area contributed by atoms with Gasteiger partial charge < -0.3 is 5.73 Å². The van der Waals surface area contributed by atoms with Gasteiger partial charge in [-0.05, 0) is 42.2 Å². The average molecular weight is 267 g/mol. The summed E-state index contributed by atoms with van der Waals surface area (Å²) in [5.74, 6) is 1.91. The van der Waals surface area contributed by atoms with Gasteiger partial charge in [0, 0.05) is 11.3 Å². The van der Waals surface area contributed by atoms with Crippen LogP contribution in [0.15, 0.2) is 24.3 Å². The Balaban J connectivity index is 1.83. The van der Waals surface area contributed by atoms with Crippen LogP contribution in [0.1, 0.15) is 44.2 Å². The fourth-order valence-electron chi connectivity index (χ4n) is 2.52. The number of hydrogen-bond donors (Lipinski definition) is 1. The molecule has 2 rings (SSSR count). The predicted octanol–water partition coefficient (Wildman–Crippen LogP) is 4.14. The van der Waals surface area contributed by atoms with Crippen molar-refractivity contribution in [3.8, 4) is 0 Å². The lowest BCUT2D eigenvalue weighted by Crippen LogP contribution is -2.22. The molecule has 1 saturated carbocycles. The molecule has 0 bridgehead atoms. The molecule has 1 aliphatic carbocycles. The van der Waals surface area contributed by atoms with Crippen LogP contribution in [0.2, 0.25) is 0 Å². The SMILES string of the molecule is CC(SCC1CCCC1)C(N)c1ccc(F)cc1. The number of thioether (sulfide) groups is 1. The van der Waals surface area contributed by atoms with E-state index in [-0.39, 0.29) is 11.9 Å². The van der Waals surface area contributed by atoms with Crippen LogP contribution in [0.25, 0.3) is 0 Å². The van der Waals surface area contributed by atoms with Crippen molar-refractivity contribution >= 4 is 11.8 Å². The maximum absolute atomic E-state index is 12.9. The van der Waals surface area contributed by atoms with Gasteiger partial charge in [-0.15, -0.1) is 0 Å². The highest BCUT2D eigenvalue weighted by atomic mass is 32.2. The molecule has 3 heteroatoms. The molecular formula is C15H22FNS. The summed E-state index contributed by atoms with van der Waals surface area (Å²) < 4.78 is 12.9. The monoisotopic (exact) mass is 267 g/mol. The molecule has 18 heavy (non-hydrogen) atoms. The molecule has 1 aromatic rings. The van der Waals surface area contributed by atoms with Crippen LogP contribution in [0.5, 0.6) is 0 Å². The summed E-state index contributed by atoms with van der Waals surface area (Å²) in [4.78, 5) is 0.